The van der Waals surface area contributed by atoms with Gasteiger partial charge in [-0.1, -0.05) is 12.1 Å². The van der Waals surface area contributed by atoms with Gasteiger partial charge in [-0.05, 0) is 61.6 Å². The Hall–Kier alpha value is -2.07. The Kier molecular flexibility index (Phi) is 5.13. The zero-order valence-electron chi connectivity index (χ0n) is 13.6. The maximum atomic E-state index is 11.6. The van der Waals surface area contributed by atoms with Crippen LogP contribution in [0.4, 0.5) is 0 Å². The van der Waals surface area contributed by atoms with Crippen molar-refractivity contribution in [1.82, 2.24) is 9.88 Å². The number of rotatable bonds is 6. The standard InChI is InChI=1S/C19H24N2O2/c1-23-18-9-7-15-13-17(8-6-16(15)14-18)20-10-4-12-21-11-3-2-5-19(21)22/h2-3,5,7,9,11,14,17,20H,4,6,8,10,12-13H2,1H3/t17-/m1/s1. The molecule has 1 N–H and O–H groups in total. The molecule has 1 aromatic carbocycles. The molecule has 0 spiro atoms. The summed E-state index contributed by atoms with van der Waals surface area (Å²) in [6.45, 7) is 1.71. The first-order valence-electron chi connectivity index (χ1n) is 8.31. The Morgan fingerprint density at radius 1 is 1.26 bits per heavy atom. The molecule has 0 radical (unpaired) electrons. The SMILES string of the molecule is COc1ccc2c(c1)CC[C@@H](NCCCn1ccccc1=O)C2. The predicted molar refractivity (Wildman–Crippen MR) is 92.1 cm³/mol. The fourth-order valence-electron chi connectivity index (χ4n) is 3.23. The highest BCUT2D eigenvalue weighted by Gasteiger charge is 2.18. The van der Waals surface area contributed by atoms with Crippen molar-refractivity contribution in [2.45, 2.75) is 38.3 Å². The molecule has 4 nitrogen and oxygen atoms in total. The molecular weight excluding hydrogens is 288 g/mol. The second kappa shape index (κ2) is 7.47. The minimum absolute atomic E-state index is 0.0769. The number of aromatic nitrogens is 1. The largest absolute Gasteiger partial charge is 0.497 e. The Balaban J connectivity index is 1.47. The van der Waals surface area contributed by atoms with E-state index in [0.29, 0.717) is 6.04 Å². The summed E-state index contributed by atoms with van der Waals surface area (Å²) in [6, 6.07) is 12.2. The zero-order chi connectivity index (χ0) is 16.1. The Labute approximate surface area is 137 Å². The number of nitrogens with zero attached hydrogens (tertiary/aromatic N) is 1. The molecular formula is C19H24N2O2. The van der Waals surface area contributed by atoms with E-state index in [9.17, 15) is 4.79 Å². The van der Waals surface area contributed by atoms with Crippen LogP contribution in [0.15, 0.2) is 47.4 Å². The van der Waals surface area contributed by atoms with E-state index in [1.165, 1.54) is 11.1 Å². The average Bonchev–Trinajstić information content (AvgIpc) is 2.59. The Bertz CT molecular complexity index is 709. The van der Waals surface area contributed by atoms with Crippen LogP contribution in [-0.2, 0) is 19.4 Å². The third-order valence-electron chi connectivity index (χ3n) is 4.55. The highest BCUT2D eigenvalue weighted by molar-refractivity contribution is 5.37. The van der Waals surface area contributed by atoms with Gasteiger partial charge in [0, 0.05) is 24.8 Å². The van der Waals surface area contributed by atoms with E-state index in [1.54, 1.807) is 23.8 Å². The maximum absolute atomic E-state index is 11.6. The topological polar surface area (TPSA) is 43.3 Å². The number of pyridine rings is 1. The summed E-state index contributed by atoms with van der Waals surface area (Å²) in [5.41, 5.74) is 2.92. The second-order valence-corrected chi connectivity index (χ2v) is 6.11. The molecule has 0 aliphatic heterocycles. The maximum Gasteiger partial charge on any atom is 0.250 e. The van der Waals surface area contributed by atoms with Crippen molar-refractivity contribution in [3.63, 3.8) is 0 Å². The molecule has 0 saturated carbocycles. The molecule has 0 saturated heterocycles. The van der Waals surface area contributed by atoms with E-state index in [1.807, 2.05) is 18.3 Å². The lowest BCUT2D eigenvalue weighted by molar-refractivity contribution is 0.410. The van der Waals surface area contributed by atoms with Gasteiger partial charge in [0.1, 0.15) is 5.75 Å². The van der Waals surface area contributed by atoms with Gasteiger partial charge in [0.2, 0.25) is 5.56 Å². The van der Waals surface area contributed by atoms with Crippen LogP contribution < -0.4 is 15.6 Å². The summed E-state index contributed by atoms with van der Waals surface area (Å²) < 4.78 is 7.06. The van der Waals surface area contributed by atoms with E-state index in [0.717, 1.165) is 44.5 Å². The molecule has 1 aromatic heterocycles. The number of ether oxygens (including phenoxy) is 1. The first-order valence-corrected chi connectivity index (χ1v) is 8.31. The lowest BCUT2D eigenvalue weighted by Gasteiger charge is -2.26. The van der Waals surface area contributed by atoms with Crippen molar-refractivity contribution in [1.29, 1.82) is 0 Å². The van der Waals surface area contributed by atoms with Gasteiger partial charge in [-0.15, -0.1) is 0 Å². The number of aryl methyl sites for hydroxylation is 2. The van der Waals surface area contributed by atoms with Crippen molar-refractivity contribution in [2.24, 2.45) is 0 Å². The number of fused-ring (bicyclic) bond motifs is 1. The fourth-order valence-corrected chi connectivity index (χ4v) is 3.23. The van der Waals surface area contributed by atoms with Crippen LogP contribution in [0.25, 0.3) is 0 Å². The molecule has 0 unspecified atom stereocenters. The van der Waals surface area contributed by atoms with Crippen molar-refractivity contribution in [3.8, 4) is 5.75 Å². The number of hydrogen-bond donors (Lipinski definition) is 1. The van der Waals surface area contributed by atoms with Crippen LogP contribution in [-0.4, -0.2) is 24.3 Å². The molecule has 23 heavy (non-hydrogen) atoms. The van der Waals surface area contributed by atoms with Crippen LogP contribution in [0.1, 0.15) is 24.0 Å². The van der Waals surface area contributed by atoms with Crippen molar-refractivity contribution in [3.05, 3.63) is 64.1 Å². The number of nitrogens with one attached hydrogen (secondary N) is 1. The minimum atomic E-state index is 0.0769. The first-order chi connectivity index (χ1) is 11.3. The number of methoxy groups -OCH3 is 1. The summed E-state index contributed by atoms with van der Waals surface area (Å²) in [7, 11) is 1.72. The Morgan fingerprint density at radius 2 is 2.17 bits per heavy atom. The van der Waals surface area contributed by atoms with Crippen LogP contribution in [0.5, 0.6) is 5.75 Å². The zero-order valence-corrected chi connectivity index (χ0v) is 13.6. The van der Waals surface area contributed by atoms with E-state index >= 15 is 0 Å². The molecule has 3 rings (SSSR count). The average molecular weight is 312 g/mol. The van der Waals surface area contributed by atoms with Crippen molar-refractivity contribution in [2.75, 3.05) is 13.7 Å². The van der Waals surface area contributed by atoms with Crippen molar-refractivity contribution < 1.29 is 4.74 Å². The molecule has 1 aliphatic rings. The highest BCUT2D eigenvalue weighted by Crippen LogP contribution is 2.25. The quantitative estimate of drug-likeness (QED) is 0.833. The molecule has 122 valence electrons. The van der Waals surface area contributed by atoms with Gasteiger partial charge in [-0.2, -0.15) is 0 Å². The molecule has 1 heterocycles. The number of hydrogen-bond acceptors (Lipinski definition) is 3. The molecule has 0 amide bonds. The van der Waals surface area contributed by atoms with Gasteiger partial charge in [0.25, 0.3) is 0 Å². The van der Waals surface area contributed by atoms with Gasteiger partial charge in [-0.25, -0.2) is 0 Å². The summed E-state index contributed by atoms with van der Waals surface area (Å²) in [5, 5.41) is 3.63. The summed E-state index contributed by atoms with van der Waals surface area (Å²) in [6.07, 6.45) is 6.15. The normalized spacial score (nSPS) is 16.8. The lowest BCUT2D eigenvalue weighted by Crippen LogP contribution is -2.35. The lowest BCUT2D eigenvalue weighted by atomic mass is 9.88. The highest BCUT2D eigenvalue weighted by atomic mass is 16.5. The monoisotopic (exact) mass is 312 g/mol. The summed E-state index contributed by atoms with van der Waals surface area (Å²) in [5.74, 6) is 0.948. The molecule has 1 aliphatic carbocycles. The van der Waals surface area contributed by atoms with Gasteiger partial charge in [0.05, 0.1) is 7.11 Å². The molecule has 2 aromatic rings. The molecule has 0 bridgehead atoms. The van der Waals surface area contributed by atoms with Crippen LogP contribution >= 0.6 is 0 Å². The second-order valence-electron chi connectivity index (χ2n) is 6.11. The van der Waals surface area contributed by atoms with Crippen molar-refractivity contribution >= 4 is 0 Å². The van der Waals surface area contributed by atoms with Crippen LogP contribution in [0.3, 0.4) is 0 Å². The minimum Gasteiger partial charge on any atom is -0.497 e. The van der Waals surface area contributed by atoms with E-state index in [4.69, 9.17) is 4.74 Å². The van der Waals surface area contributed by atoms with Crippen LogP contribution in [0, 0.1) is 0 Å². The van der Waals surface area contributed by atoms with E-state index in [2.05, 4.69) is 17.4 Å². The smallest absolute Gasteiger partial charge is 0.250 e. The fraction of sp³-hybridized carbons (Fsp3) is 0.421. The first kappa shape index (κ1) is 15.8. The van der Waals surface area contributed by atoms with Gasteiger partial charge >= 0.3 is 0 Å². The van der Waals surface area contributed by atoms with Crippen LogP contribution in [0.2, 0.25) is 0 Å². The predicted octanol–water partition coefficient (Wildman–Crippen LogP) is 2.39. The van der Waals surface area contributed by atoms with E-state index < -0.39 is 0 Å². The van der Waals surface area contributed by atoms with Gasteiger partial charge < -0.3 is 14.6 Å². The Morgan fingerprint density at radius 3 is 3.00 bits per heavy atom. The molecule has 4 heteroatoms. The molecule has 1 atom stereocenters. The number of benzene rings is 1. The summed E-state index contributed by atoms with van der Waals surface area (Å²) in [4.78, 5) is 11.6. The van der Waals surface area contributed by atoms with Gasteiger partial charge in [-0.3, -0.25) is 4.79 Å². The third-order valence-corrected chi connectivity index (χ3v) is 4.55. The molecule has 0 fully saturated rings. The van der Waals surface area contributed by atoms with E-state index in [-0.39, 0.29) is 5.56 Å². The summed E-state index contributed by atoms with van der Waals surface area (Å²) >= 11 is 0. The third kappa shape index (κ3) is 4.02. The van der Waals surface area contributed by atoms with Gasteiger partial charge in [0.15, 0.2) is 0 Å².